The normalized spacial score (nSPS) is 10.4. The number of nitrogens with zero attached hydrogens (tertiary/aromatic N) is 3. The predicted molar refractivity (Wildman–Crippen MR) is 69.5 cm³/mol. The van der Waals surface area contributed by atoms with Crippen LogP contribution in [-0.4, -0.2) is 21.5 Å². The van der Waals surface area contributed by atoms with E-state index < -0.39 is 0 Å². The van der Waals surface area contributed by atoms with Gasteiger partial charge in [-0.25, -0.2) is 15.0 Å². The molecule has 0 spiro atoms. The largest absolute Gasteiger partial charge is 0.444 e. The fourth-order valence-corrected chi connectivity index (χ4v) is 1.51. The van der Waals surface area contributed by atoms with Gasteiger partial charge in [0.2, 0.25) is 5.89 Å². The van der Waals surface area contributed by atoms with Crippen molar-refractivity contribution in [2.24, 2.45) is 0 Å². The summed E-state index contributed by atoms with van der Waals surface area (Å²) in [6.07, 6.45) is 1.52. The van der Waals surface area contributed by atoms with Gasteiger partial charge in [-0.1, -0.05) is 0 Å². The first-order valence-corrected chi connectivity index (χ1v) is 5.91. The summed E-state index contributed by atoms with van der Waals surface area (Å²) in [5.74, 6) is 3.06. The topological polar surface area (TPSA) is 75.9 Å². The van der Waals surface area contributed by atoms with E-state index in [0.29, 0.717) is 12.4 Å². The molecule has 6 heteroatoms. The molecule has 0 aliphatic carbocycles. The van der Waals surface area contributed by atoms with Crippen LogP contribution in [0.25, 0.3) is 0 Å². The molecule has 0 amide bonds. The molecule has 2 rings (SSSR count). The molecule has 2 aromatic rings. The van der Waals surface area contributed by atoms with Gasteiger partial charge >= 0.3 is 0 Å². The van der Waals surface area contributed by atoms with Crippen molar-refractivity contribution >= 4 is 11.6 Å². The minimum Gasteiger partial charge on any atom is -0.444 e. The van der Waals surface area contributed by atoms with Crippen LogP contribution in [0.2, 0.25) is 0 Å². The zero-order valence-corrected chi connectivity index (χ0v) is 10.8. The highest BCUT2D eigenvalue weighted by Gasteiger charge is 2.05. The molecule has 2 N–H and O–H groups in total. The van der Waals surface area contributed by atoms with Crippen LogP contribution >= 0.6 is 0 Å². The molecule has 18 heavy (non-hydrogen) atoms. The number of aryl methyl sites for hydroxylation is 2. The average Bonchev–Trinajstić information content (AvgIpc) is 2.67. The first-order chi connectivity index (χ1) is 8.69. The molecule has 0 saturated carbocycles. The third-order valence-electron chi connectivity index (χ3n) is 2.52. The standard InChI is InChI=1S/C12H17N5O/c1-4-13-10-5-11(16-7-15-10)14-6-12-17-8(2)9(3)18-12/h5,7H,4,6H2,1-3H3,(H2,13,14,15,16). The van der Waals surface area contributed by atoms with E-state index in [1.165, 1.54) is 6.33 Å². The highest BCUT2D eigenvalue weighted by Crippen LogP contribution is 2.12. The van der Waals surface area contributed by atoms with Gasteiger partial charge in [0.15, 0.2) is 0 Å². The Balaban J connectivity index is 1.99. The molecule has 0 aromatic carbocycles. The maximum Gasteiger partial charge on any atom is 0.213 e. The van der Waals surface area contributed by atoms with Gasteiger partial charge in [-0.05, 0) is 20.8 Å². The second kappa shape index (κ2) is 5.48. The second-order valence-electron chi connectivity index (χ2n) is 3.92. The minimum absolute atomic E-state index is 0.511. The van der Waals surface area contributed by atoms with Crippen molar-refractivity contribution in [3.8, 4) is 0 Å². The van der Waals surface area contributed by atoms with Gasteiger partial charge in [0.1, 0.15) is 23.7 Å². The summed E-state index contributed by atoms with van der Waals surface area (Å²) in [6, 6.07) is 1.85. The highest BCUT2D eigenvalue weighted by molar-refractivity contribution is 5.46. The van der Waals surface area contributed by atoms with E-state index in [1.54, 1.807) is 0 Å². The highest BCUT2D eigenvalue weighted by atomic mass is 16.4. The second-order valence-corrected chi connectivity index (χ2v) is 3.92. The van der Waals surface area contributed by atoms with Crippen LogP contribution in [0.15, 0.2) is 16.8 Å². The van der Waals surface area contributed by atoms with Crippen LogP contribution in [0.5, 0.6) is 0 Å². The lowest BCUT2D eigenvalue weighted by atomic mass is 10.4. The van der Waals surface area contributed by atoms with Gasteiger partial charge in [0, 0.05) is 12.6 Å². The molecule has 6 nitrogen and oxygen atoms in total. The molecule has 0 fully saturated rings. The summed E-state index contributed by atoms with van der Waals surface area (Å²) >= 11 is 0. The SMILES string of the molecule is CCNc1cc(NCc2nc(C)c(C)o2)ncn1. The minimum atomic E-state index is 0.511. The van der Waals surface area contributed by atoms with Crippen molar-refractivity contribution in [3.05, 3.63) is 29.7 Å². The van der Waals surface area contributed by atoms with Crippen molar-refractivity contribution in [3.63, 3.8) is 0 Å². The Morgan fingerprint density at radius 1 is 1.17 bits per heavy atom. The number of hydrogen-bond acceptors (Lipinski definition) is 6. The molecule has 0 atom stereocenters. The van der Waals surface area contributed by atoms with Crippen LogP contribution in [0.4, 0.5) is 11.6 Å². The number of anilines is 2. The van der Waals surface area contributed by atoms with Gasteiger partial charge in [-0.15, -0.1) is 0 Å². The molecule has 2 heterocycles. The Morgan fingerprint density at radius 2 is 1.89 bits per heavy atom. The Bertz CT molecular complexity index is 503. The monoisotopic (exact) mass is 247 g/mol. The summed E-state index contributed by atoms with van der Waals surface area (Å²) in [4.78, 5) is 12.5. The van der Waals surface area contributed by atoms with Crippen LogP contribution < -0.4 is 10.6 Å². The lowest BCUT2D eigenvalue weighted by molar-refractivity contribution is 0.478. The number of hydrogen-bond donors (Lipinski definition) is 2. The van der Waals surface area contributed by atoms with Gasteiger partial charge < -0.3 is 15.1 Å². The molecule has 2 aromatic heterocycles. The molecule has 96 valence electrons. The zero-order valence-electron chi connectivity index (χ0n) is 10.8. The van der Waals surface area contributed by atoms with Crippen molar-refractivity contribution in [2.75, 3.05) is 17.2 Å². The average molecular weight is 247 g/mol. The van der Waals surface area contributed by atoms with Crippen molar-refractivity contribution in [1.82, 2.24) is 15.0 Å². The quantitative estimate of drug-likeness (QED) is 0.843. The number of aromatic nitrogens is 3. The van der Waals surface area contributed by atoms with Crippen LogP contribution in [0.1, 0.15) is 24.3 Å². The first-order valence-electron chi connectivity index (χ1n) is 5.91. The third-order valence-corrected chi connectivity index (χ3v) is 2.52. The third kappa shape index (κ3) is 2.97. The van der Waals surface area contributed by atoms with Crippen molar-refractivity contribution in [1.29, 1.82) is 0 Å². The van der Waals surface area contributed by atoms with E-state index in [-0.39, 0.29) is 0 Å². The molecule has 0 radical (unpaired) electrons. The molecule has 0 bridgehead atoms. The van der Waals surface area contributed by atoms with E-state index in [4.69, 9.17) is 4.42 Å². The van der Waals surface area contributed by atoms with E-state index in [1.807, 2.05) is 26.8 Å². The van der Waals surface area contributed by atoms with Crippen molar-refractivity contribution in [2.45, 2.75) is 27.3 Å². The first kappa shape index (κ1) is 12.3. The molecule has 0 aliphatic heterocycles. The molecular weight excluding hydrogens is 230 g/mol. The van der Waals surface area contributed by atoms with Crippen LogP contribution in [0.3, 0.4) is 0 Å². The summed E-state index contributed by atoms with van der Waals surface area (Å²) in [5.41, 5.74) is 0.919. The van der Waals surface area contributed by atoms with Gasteiger partial charge in [0.05, 0.1) is 12.2 Å². The van der Waals surface area contributed by atoms with Crippen molar-refractivity contribution < 1.29 is 4.42 Å². The fourth-order valence-electron chi connectivity index (χ4n) is 1.51. The van der Waals surface area contributed by atoms with Gasteiger partial charge in [0.25, 0.3) is 0 Å². The summed E-state index contributed by atoms with van der Waals surface area (Å²) in [7, 11) is 0. The summed E-state index contributed by atoms with van der Waals surface area (Å²) < 4.78 is 5.48. The maximum atomic E-state index is 5.48. The summed E-state index contributed by atoms with van der Waals surface area (Å²) in [6.45, 7) is 7.19. The van der Waals surface area contributed by atoms with E-state index in [2.05, 4.69) is 25.6 Å². The van der Waals surface area contributed by atoms with Crippen LogP contribution in [-0.2, 0) is 6.54 Å². The summed E-state index contributed by atoms with van der Waals surface area (Å²) in [5, 5.41) is 6.28. The van der Waals surface area contributed by atoms with E-state index in [0.717, 1.165) is 29.6 Å². The zero-order chi connectivity index (χ0) is 13.0. The Labute approximate surface area is 106 Å². The maximum absolute atomic E-state index is 5.48. The lowest BCUT2D eigenvalue weighted by Crippen LogP contribution is -2.04. The lowest BCUT2D eigenvalue weighted by Gasteiger charge is -2.05. The number of rotatable bonds is 5. The fraction of sp³-hybridized carbons (Fsp3) is 0.417. The van der Waals surface area contributed by atoms with Gasteiger partial charge in [-0.3, -0.25) is 0 Å². The molecule has 0 aliphatic rings. The van der Waals surface area contributed by atoms with Crippen LogP contribution in [0, 0.1) is 13.8 Å². The Morgan fingerprint density at radius 3 is 2.50 bits per heavy atom. The Kier molecular flexibility index (Phi) is 3.76. The van der Waals surface area contributed by atoms with E-state index in [9.17, 15) is 0 Å². The molecule has 0 unspecified atom stereocenters. The number of oxazole rings is 1. The predicted octanol–water partition coefficient (Wildman–Crippen LogP) is 2.13. The van der Waals surface area contributed by atoms with Gasteiger partial charge in [-0.2, -0.15) is 0 Å². The Hall–Kier alpha value is -2.11. The molecule has 0 saturated heterocycles. The smallest absolute Gasteiger partial charge is 0.213 e. The van der Waals surface area contributed by atoms with E-state index >= 15 is 0 Å². The molecular formula is C12H17N5O. The number of nitrogens with one attached hydrogen (secondary N) is 2.